The topological polar surface area (TPSA) is 68.7 Å². The number of alkyl halides is 3. The number of hydrogen-bond donors (Lipinski definition) is 0. The minimum Gasteiger partial charge on any atom is -0.493 e. The first-order chi connectivity index (χ1) is 17.2. The van der Waals surface area contributed by atoms with Gasteiger partial charge in [0.2, 0.25) is 0 Å². The molecule has 0 saturated carbocycles. The van der Waals surface area contributed by atoms with Gasteiger partial charge in [-0.15, -0.1) is 11.3 Å². The maximum atomic E-state index is 13.3. The smallest absolute Gasteiger partial charge is 0.416 e. The number of esters is 1. The van der Waals surface area contributed by atoms with Crippen molar-refractivity contribution in [1.29, 1.82) is 0 Å². The summed E-state index contributed by atoms with van der Waals surface area (Å²) >= 11 is 1.18. The van der Waals surface area contributed by atoms with Crippen LogP contribution in [0.1, 0.15) is 45.4 Å². The van der Waals surface area contributed by atoms with Crippen LogP contribution >= 0.6 is 11.3 Å². The average molecular weight is 519 g/mol. The van der Waals surface area contributed by atoms with Crippen molar-refractivity contribution >= 4 is 23.2 Å². The number of fused-ring (bicyclic) bond motifs is 1. The first kappa shape index (κ1) is 25.7. The summed E-state index contributed by atoms with van der Waals surface area (Å²) < 4.78 is 49.1. The van der Waals surface area contributed by atoms with Crippen molar-refractivity contribution < 1.29 is 32.2 Å². The van der Waals surface area contributed by atoms with Crippen molar-refractivity contribution in [2.75, 3.05) is 19.8 Å². The molecule has 1 aliphatic rings. The van der Waals surface area contributed by atoms with E-state index in [1.807, 2.05) is 18.2 Å². The summed E-state index contributed by atoms with van der Waals surface area (Å²) in [5.41, 5.74) is 2.46. The second kappa shape index (κ2) is 10.7. The van der Waals surface area contributed by atoms with Crippen LogP contribution in [0.4, 0.5) is 13.2 Å². The Balaban J connectivity index is 1.41. The van der Waals surface area contributed by atoms with Gasteiger partial charge in [-0.3, -0.25) is 9.59 Å². The molecular weight excluding hydrogens is 493 g/mol. The van der Waals surface area contributed by atoms with E-state index < -0.39 is 11.7 Å². The molecule has 2 heterocycles. The lowest BCUT2D eigenvalue weighted by atomic mass is 9.99. The minimum atomic E-state index is -4.40. The highest BCUT2D eigenvalue weighted by atomic mass is 32.1. The number of hydrogen-bond acceptors (Lipinski definition) is 6. The third-order valence-electron chi connectivity index (χ3n) is 5.81. The van der Waals surface area contributed by atoms with Gasteiger partial charge in [0, 0.05) is 18.7 Å². The number of benzene rings is 2. The van der Waals surface area contributed by atoms with Gasteiger partial charge in [-0.2, -0.15) is 13.2 Å². The number of carbonyl (C=O) groups is 2. The summed E-state index contributed by atoms with van der Waals surface area (Å²) in [7, 11) is 0. The van der Waals surface area contributed by atoms with Gasteiger partial charge in [0.15, 0.2) is 0 Å². The molecule has 6 nitrogen and oxygen atoms in total. The van der Waals surface area contributed by atoms with E-state index in [0.29, 0.717) is 53.0 Å². The molecular formula is C26H25F3N2O4S. The van der Waals surface area contributed by atoms with E-state index in [1.165, 1.54) is 23.5 Å². The van der Waals surface area contributed by atoms with Crippen LogP contribution in [0.2, 0.25) is 0 Å². The summed E-state index contributed by atoms with van der Waals surface area (Å²) in [6, 6.07) is 10.5. The van der Waals surface area contributed by atoms with E-state index in [-0.39, 0.29) is 24.9 Å². The first-order valence-electron chi connectivity index (χ1n) is 11.5. The van der Waals surface area contributed by atoms with E-state index in [0.717, 1.165) is 23.3 Å². The van der Waals surface area contributed by atoms with Gasteiger partial charge >= 0.3 is 12.1 Å². The van der Waals surface area contributed by atoms with Gasteiger partial charge in [0.05, 0.1) is 30.9 Å². The highest BCUT2D eigenvalue weighted by Gasteiger charge is 2.30. The molecule has 0 atom stereocenters. The fourth-order valence-electron chi connectivity index (χ4n) is 3.94. The Morgan fingerprint density at radius 1 is 1.11 bits per heavy atom. The summed E-state index contributed by atoms with van der Waals surface area (Å²) in [5, 5.41) is 0.506. The quantitative estimate of drug-likeness (QED) is 0.377. The van der Waals surface area contributed by atoms with Gasteiger partial charge in [0.25, 0.3) is 5.91 Å². The van der Waals surface area contributed by atoms with Crippen LogP contribution in [0.5, 0.6) is 5.75 Å². The number of nitrogens with zero attached hydrogens (tertiary/aromatic N) is 2. The third-order valence-corrected chi connectivity index (χ3v) is 7.00. The van der Waals surface area contributed by atoms with Crippen molar-refractivity contribution in [3.05, 3.63) is 69.7 Å². The van der Waals surface area contributed by atoms with Crippen molar-refractivity contribution in [1.82, 2.24) is 9.88 Å². The van der Waals surface area contributed by atoms with Crippen molar-refractivity contribution in [2.45, 2.75) is 39.4 Å². The number of thiazole rings is 1. The lowest BCUT2D eigenvalue weighted by molar-refractivity contribution is -0.143. The number of ether oxygens (including phenoxy) is 2. The van der Waals surface area contributed by atoms with Gasteiger partial charge in [-0.1, -0.05) is 18.2 Å². The Hall–Kier alpha value is -3.40. The van der Waals surface area contributed by atoms with E-state index in [9.17, 15) is 22.8 Å². The van der Waals surface area contributed by atoms with E-state index in [4.69, 9.17) is 9.47 Å². The highest BCUT2D eigenvalue weighted by Crippen LogP contribution is 2.34. The molecule has 1 amide bonds. The zero-order valence-corrected chi connectivity index (χ0v) is 20.7. The highest BCUT2D eigenvalue weighted by molar-refractivity contribution is 7.17. The standard InChI is InChI=1S/C26H25F3N2O4S/c1-3-34-22(32)11-13-35-21-9-6-19-15-31(12-10-18(19)14-21)25(33)23-16(2)30-24(36-23)17-4-7-20(8-5-17)26(27,28)29/h4-9,14H,3,10-13,15H2,1-2H3. The Morgan fingerprint density at radius 3 is 2.56 bits per heavy atom. The molecule has 0 N–H and O–H groups in total. The molecule has 1 aliphatic heterocycles. The number of aromatic nitrogens is 1. The van der Waals surface area contributed by atoms with Gasteiger partial charge < -0.3 is 14.4 Å². The van der Waals surface area contributed by atoms with Crippen molar-refractivity contribution in [2.24, 2.45) is 0 Å². The summed E-state index contributed by atoms with van der Waals surface area (Å²) in [6.07, 6.45) is -3.58. The molecule has 0 fully saturated rings. The van der Waals surface area contributed by atoms with Gasteiger partial charge in [-0.05, 0) is 55.7 Å². The fourth-order valence-corrected chi connectivity index (χ4v) is 4.98. The zero-order valence-electron chi connectivity index (χ0n) is 19.9. The number of carbonyl (C=O) groups excluding carboxylic acids is 2. The van der Waals surface area contributed by atoms with Crippen LogP contribution in [0.15, 0.2) is 42.5 Å². The lowest BCUT2D eigenvalue weighted by Crippen LogP contribution is -2.35. The number of amides is 1. The first-order valence-corrected chi connectivity index (χ1v) is 12.3. The molecule has 36 heavy (non-hydrogen) atoms. The fraction of sp³-hybridized carbons (Fsp3) is 0.346. The van der Waals surface area contributed by atoms with Crippen LogP contribution in [-0.4, -0.2) is 41.5 Å². The molecule has 0 radical (unpaired) electrons. The van der Waals surface area contributed by atoms with Crippen molar-refractivity contribution in [3.8, 4) is 16.3 Å². The Labute approximate surface area is 210 Å². The SMILES string of the molecule is CCOC(=O)CCOc1ccc2c(c1)CCN(C(=O)c1sc(-c3ccc(C(F)(F)F)cc3)nc1C)C2. The van der Waals surface area contributed by atoms with Crippen molar-refractivity contribution in [3.63, 3.8) is 0 Å². The van der Waals surface area contributed by atoms with Gasteiger partial charge in [-0.25, -0.2) is 4.98 Å². The molecule has 2 aromatic carbocycles. The van der Waals surface area contributed by atoms with Crippen LogP contribution in [0.3, 0.4) is 0 Å². The Morgan fingerprint density at radius 2 is 1.86 bits per heavy atom. The third kappa shape index (κ3) is 5.87. The molecule has 0 saturated heterocycles. The number of halogens is 3. The van der Waals surface area contributed by atoms with Gasteiger partial charge in [0.1, 0.15) is 15.6 Å². The molecule has 0 aliphatic carbocycles. The Bertz CT molecular complexity index is 1260. The predicted octanol–water partition coefficient (Wildman–Crippen LogP) is 5.67. The number of rotatable bonds is 7. The molecule has 10 heteroatoms. The molecule has 4 rings (SSSR count). The normalized spacial score (nSPS) is 13.3. The monoisotopic (exact) mass is 518 g/mol. The Kier molecular flexibility index (Phi) is 7.63. The van der Waals surface area contributed by atoms with E-state index >= 15 is 0 Å². The molecule has 0 unspecified atom stereocenters. The molecule has 0 bridgehead atoms. The second-order valence-corrected chi connectivity index (χ2v) is 9.32. The zero-order chi connectivity index (χ0) is 25.9. The van der Waals surface area contributed by atoms with Crippen LogP contribution < -0.4 is 4.74 Å². The molecule has 3 aromatic rings. The summed E-state index contributed by atoms with van der Waals surface area (Å²) in [4.78, 5) is 31.4. The summed E-state index contributed by atoms with van der Waals surface area (Å²) in [6.45, 7) is 5.01. The van der Waals surface area contributed by atoms with Crippen LogP contribution in [0.25, 0.3) is 10.6 Å². The predicted molar refractivity (Wildman–Crippen MR) is 129 cm³/mol. The molecule has 190 valence electrons. The van der Waals surface area contributed by atoms with E-state index in [1.54, 1.807) is 18.7 Å². The average Bonchev–Trinajstić information content (AvgIpc) is 3.24. The van der Waals surface area contributed by atoms with E-state index in [2.05, 4.69) is 4.98 Å². The largest absolute Gasteiger partial charge is 0.493 e. The molecule has 0 spiro atoms. The summed E-state index contributed by atoms with van der Waals surface area (Å²) in [5.74, 6) is 0.213. The maximum absolute atomic E-state index is 13.3. The lowest BCUT2D eigenvalue weighted by Gasteiger charge is -2.29. The number of aryl methyl sites for hydroxylation is 1. The van der Waals surface area contributed by atoms with Crippen LogP contribution in [0, 0.1) is 6.92 Å². The molecule has 1 aromatic heterocycles. The minimum absolute atomic E-state index is 0.149. The second-order valence-electron chi connectivity index (χ2n) is 8.32. The van der Waals surface area contributed by atoms with Crippen LogP contribution in [-0.2, 0) is 28.7 Å². The maximum Gasteiger partial charge on any atom is 0.416 e.